The highest BCUT2D eigenvalue weighted by Gasteiger charge is 2.09. The van der Waals surface area contributed by atoms with Crippen molar-refractivity contribution in [1.82, 2.24) is 9.97 Å². The Kier molecular flexibility index (Phi) is 4.09. The molecule has 1 aromatic carbocycles. The Labute approximate surface area is 109 Å². The van der Waals surface area contributed by atoms with Crippen molar-refractivity contribution in [2.45, 2.75) is 19.4 Å². The Morgan fingerprint density at radius 3 is 2.41 bits per heavy atom. The first-order valence-corrected chi connectivity index (χ1v) is 6.38. The topological polar surface area (TPSA) is 37.8 Å². The summed E-state index contributed by atoms with van der Waals surface area (Å²) in [5.74, 6) is 0.669. The van der Waals surface area contributed by atoms with Gasteiger partial charge in [-0.05, 0) is 30.2 Å². The standard InChI is InChI=1S/C13H14BrN3/c1-2-12(10-4-6-11(14)7-5-10)17-13-15-8-3-9-16-13/h3-9,12H,2H2,1H3,(H,15,16,17). The molecule has 0 bridgehead atoms. The van der Waals surface area contributed by atoms with Crippen LogP contribution in [0.4, 0.5) is 5.95 Å². The van der Waals surface area contributed by atoms with Gasteiger partial charge in [0.05, 0.1) is 6.04 Å². The fourth-order valence-electron chi connectivity index (χ4n) is 1.65. The van der Waals surface area contributed by atoms with Crippen molar-refractivity contribution in [3.8, 4) is 0 Å². The lowest BCUT2D eigenvalue weighted by atomic mass is 10.1. The highest BCUT2D eigenvalue weighted by molar-refractivity contribution is 9.10. The maximum atomic E-state index is 4.18. The van der Waals surface area contributed by atoms with E-state index in [0.29, 0.717) is 5.95 Å². The molecule has 0 spiro atoms. The molecular formula is C13H14BrN3. The summed E-state index contributed by atoms with van der Waals surface area (Å²) in [5.41, 5.74) is 1.24. The predicted molar refractivity (Wildman–Crippen MR) is 72.8 cm³/mol. The summed E-state index contributed by atoms with van der Waals surface area (Å²) in [6.07, 6.45) is 4.47. The first-order valence-electron chi connectivity index (χ1n) is 5.58. The molecule has 0 radical (unpaired) electrons. The molecule has 2 aromatic rings. The molecule has 3 nitrogen and oxygen atoms in total. The number of hydrogen-bond donors (Lipinski definition) is 1. The summed E-state index contributed by atoms with van der Waals surface area (Å²) in [5, 5.41) is 3.33. The summed E-state index contributed by atoms with van der Waals surface area (Å²) in [7, 11) is 0. The maximum Gasteiger partial charge on any atom is 0.223 e. The maximum absolute atomic E-state index is 4.18. The summed E-state index contributed by atoms with van der Waals surface area (Å²) in [4.78, 5) is 8.36. The molecule has 1 atom stereocenters. The van der Waals surface area contributed by atoms with Crippen molar-refractivity contribution < 1.29 is 0 Å². The summed E-state index contributed by atoms with van der Waals surface area (Å²) in [6, 6.07) is 10.4. The molecule has 0 aliphatic carbocycles. The number of nitrogens with zero attached hydrogens (tertiary/aromatic N) is 2. The number of anilines is 1. The van der Waals surface area contributed by atoms with E-state index < -0.39 is 0 Å². The number of hydrogen-bond acceptors (Lipinski definition) is 3. The van der Waals surface area contributed by atoms with Gasteiger partial charge in [0.1, 0.15) is 0 Å². The number of benzene rings is 1. The number of aromatic nitrogens is 2. The summed E-state index contributed by atoms with van der Waals surface area (Å²) >= 11 is 3.44. The van der Waals surface area contributed by atoms with Crippen LogP contribution in [-0.2, 0) is 0 Å². The van der Waals surface area contributed by atoms with E-state index in [-0.39, 0.29) is 6.04 Å². The molecule has 0 fully saturated rings. The van der Waals surface area contributed by atoms with Crippen LogP contribution in [0.3, 0.4) is 0 Å². The normalized spacial score (nSPS) is 12.1. The van der Waals surface area contributed by atoms with Crippen LogP contribution in [0.15, 0.2) is 47.2 Å². The SMILES string of the molecule is CCC(Nc1ncccn1)c1ccc(Br)cc1. The molecule has 4 heteroatoms. The van der Waals surface area contributed by atoms with E-state index in [0.717, 1.165) is 10.9 Å². The second kappa shape index (κ2) is 5.77. The van der Waals surface area contributed by atoms with Gasteiger partial charge in [-0.1, -0.05) is 35.0 Å². The smallest absolute Gasteiger partial charge is 0.223 e. The van der Waals surface area contributed by atoms with Crippen LogP contribution in [-0.4, -0.2) is 9.97 Å². The zero-order valence-corrected chi connectivity index (χ0v) is 11.2. The van der Waals surface area contributed by atoms with E-state index in [9.17, 15) is 0 Å². The van der Waals surface area contributed by atoms with Gasteiger partial charge < -0.3 is 5.32 Å². The van der Waals surface area contributed by atoms with Crippen LogP contribution < -0.4 is 5.32 Å². The third kappa shape index (κ3) is 3.27. The molecule has 1 heterocycles. The van der Waals surface area contributed by atoms with Crippen LogP contribution >= 0.6 is 15.9 Å². The molecule has 0 amide bonds. The first kappa shape index (κ1) is 12.0. The third-order valence-electron chi connectivity index (χ3n) is 2.55. The van der Waals surface area contributed by atoms with Crippen LogP contribution in [0.5, 0.6) is 0 Å². The minimum absolute atomic E-state index is 0.241. The van der Waals surface area contributed by atoms with Gasteiger partial charge in [0, 0.05) is 16.9 Å². The van der Waals surface area contributed by atoms with E-state index in [1.807, 2.05) is 18.2 Å². The summed E-state index contributed by atoms with van der Waals surface area (Å²) < 4.78 is 1.09. The van der Waals surface area contributed by atoms with Crippen LogP contribution in [0, 0.1) is 0 Å². The van der Waals surface area contributed by atoms with E-state index in [1.54, 1.807) is 12.4 Å². The third-order valence-corrected chi connectivity index (χ3v) is 3.08. The molecule has 0 aliphatic heterocycles. The fourth-order valence-corrected chi connectivity index (χ4v) is 1.91. The minimum atomic E-state index is 0.241. The fraction of sp³-hybridized carbons (Fsp3) is 0.231. The molecule has 0 aliphatic rings. The zero-order chi connectivity index (χ0) is 12.1. The van der Waals surface area contributed by atoms with Gasteiger partial charge in [-0.25, -0.2) is 9.97 Å². The van der Waals surface area contributed by atoms with E-state index in [4.69, 9.17) is 0 Å². The number of nitrogens with one attached hydrogen (secondary N) is 1. The van der Waals surface area contributed by atoms with E-state index >= 15 is 0 Å². The highest BCUT2D eigenvalue weighted by Crippen LogP contribution is 2.22. The van der Waals surface area contributed by atoms with Crippen LogP contribution in [0.2, 0.25) is 0 Å². The van der Waals surface area contributed by atoms with Gasteiger partial charge in [0.15, 0.2) is 0 Å². The average Bonchev–Trinajstić information content (AvgIpc) is 2.38. The van der Waals surface area contributed by atoms with Gasteiger partial charge in [-0.15, -0.1) is 0 Å². The molecule has 17 heavy (non-hydrogen) atoms. The predicted octanol–water partition coefficient (Wildman–Crippen LogP) is 3.80. The van der Waals surface area contributed by atoms with Crippen molar-refractivity contribution >= 4 is 21.9 Å². The molecule has 0 saturated carbocycles. The molecule has 1 N–H and O–H groups in total. The van der Waals surface area contributed by atoms with Gasteiger partial charge >= 0.3 is 0 Å². The second-order valence-corrected chi connectivity index (χ2v) is 4.64. The summed E-state index contributed by atoms with van der Waals surface area (Å²) in [6.45, 7) is 2.14. The molecule has 88 valence electrons. The first-order chi connectivity index (χ1) is 8.29. The molecule has 0 saturated heterocycles. The van der Waals surface area contributed by atoms with Crippen LogP contribution in [0.25, 0.3) is 0 Å². The molecule has 1 aromatic heterocycles. The van der Waals surface area contributed by atoms with Crippen molar-refractivity contribution in [2.24, 2.45) is 0 Å². The van der Waals surface area contributed by atoms with E-state index in [2.05, 4.69) is 50.3 Å². The Morgan fingerprint density at radius 1 is 1.18 bits per heavy atom. The molecule has 1 unspecified atom stereocenters. The minimum Gasteiger partial charge on any atom is -0.347 e. The Hall–Kier alpha value is -1.42. The average molecular weight is 292 g/mol. The highest BCUT2D eigenvalue weighted by atomic mass is 79.9. The van der Waals surface area contributed by atoms with Gasteiger partial charge in [0.25, 0.3) is 0 Å². The Morgan fingerprint density at radius 2 is 1.82 bits per heavy atom. The lowest BCUT2D eigenvalue weighted by Gasteiger charge is -2.17. The number of halogens is 1. The molecular weight excluding hydrogens is 278 g/mol. The van der Waals surface area contributed by atoms with E-state index in [1.165, 1.54) is 5.56 Å². The van der Waals surface area contributed by atoms with Gasteiger partial charge in [-0.3, -0.25) is 0 Å². The number of rotatable bonds is 4. The van der Waals surface area contributed by atoms with Crippen molar-refractivity contribution in [3.05, 3.63) is 52.8 Å². The lowest BCUT2D eigenvalue weighted by Crippen LogP contribution is -2.11. The van der Waals surface area contributed by atoms with Crippen LogP contribution in [0.1, 0.15) is 24.9 Å². The second-order valence-electron chi connectivity index (χ2n) is 3.73. The lowest BCUT2D eigenvalue weighted by molar-refractivity contribution is 0.738. The quantitative estimate of drug-likeness (QED) is 0.931. The van der Waals surface area contributed by atoms with Crippen molar-refractivity contribution in [2.75, 3.05) is 5.32 Å². The zero-order valence-electron chi connectivity index (χ0n) is 9.60. The van der Waals surface area contributed by atoms with Crippen molar-refractivity contribution in [3.63, 3.8) is 0 Å². The monoisotopic (exact) mass is 291 g/mol. The Bertz CT molecular complexity index is 456. The largest absolute Gasteiger partial charge is 0.347 e. The van der Waals surface area contributed by atoms with Crippen molar-refractivity contribution in [1.29, 1.82) is 0 Å². The Balaban J connectivity index is 2.14. The van der Waals surface area contributed by atoms with Gasteiger partial charge in [-0.2, -0.15) is 0 Å². The molecule has 2 rings (SSSR count). The van der Waals surface area contributed by atoms with Gasteiger partial charge in [0.2, 0.25) is 5.95 Å².